The van der Waals surface area contributed by atoms with Gasteiger partial charge in [-0.05, 0) is 24.3 Å². The fourth-order valence-corrected chi connectivity index (χ4v) is 1.70. The number of esters is 1. The molecule has 4 heteroatoms. The van der Waals surface area contributed by atoms with Crippen molar-refractivity contribution in [2.75, 3.05) is 18.1 Å². The first-order valence-corrected chi connectivity index (χ1v) is 6.15. The van der Waals surface area contributed by atoms with Crippen molar-refractivity contribution in [3.8, 4) is 0 Å². The van der Waals surface area contributed by atoms with E-state index in [-0.39, 0.29) is 5.97 Å². The molecule has 1 heterocycles. The fourth-order valence-electron chi connectivity index (χ4n) is 1.01. The van der Waals surface area contributed by atoms with E-state index in [1.54, 1.807) is 30.1 Å². The monoisotopic (exact) mass is 225 g/mol. The number of rotatable bonds is 6. The summed E-state index contributed by atoms with van der Waals surface area (Å²) in [6.45, 7) is 2.60. The van der Waals surface area contributed by atoms with Gasteiger partial charge in [-0.1, -0.05) is 6.92 Å². The standard InChI is InChI=1S/C11H15NO2S/c1-2-7-15-8-6-14-11(13)10-4-3-5-12-9-10/h3-5,9H,2,6-8H2,1H3. The molecule has 0 saturated heterocycles. The van der Waals surface area contributed by atoms with Crippen molar-refractivity contribution in [2.24, 2.45) is 0 Å². The van der Waals surface area contributed by atoms with Crippen LogP contribution in [0, 0.1) is 0 Å². The zero-order valence-electron chi connectivity index (χ0n) is 8.81. The Morgan fingerprint density at radius 3 is 3.07 bits per heavy atom. The Bertz CT molecular complexity index is 290. The molecule has 0 aliphatic heterocycles. The van der Waals surface area contributed by atoms with E-state index in [0.29, 0.717) is 12.2 Å². The molecule has 1 rings (SSSR count). The van der Waals surface area contributed by atoms with Crippen molar-refractivity contribution in [1.29, 1.82) is 0 Å². The van der Waals surface area contributed by atoms with Gasteiger partial charge in [0.25, 0.3) is 0 Å². The number of nitrogens with zero attached hydrogens (tertiary/aromatic N) is 1. The van der Waals surface area contributed by atoms with Crippen molar-refractivity contribution in [3.63, 3.8) is 0 Å². The lowest BCUT2D eigenvalue weighted by Crippen LogP contribution is -2.08. The van der Waals surface area contributed by atoms with Crippen LogP contribution < -0.4 is 0 Å². The van der Waals surface area contributed by atoms with Crippen LogP contribution in [-0.2, 0) is 4.74 Å². The normalized spacial score (nSPS) is 9.93. The SMILES string of the molecule is CCCSCCOC(=O)c1cccnc1. The van der Waals surface area contributed by atoms with Crippen LogP contribution in [0.4, 0.5) is 0 Å². The highest BCUT2D eigenvalue weighted by atomic mass is 32.2. The van der Waals surface area contributed by atoms with E-state index in [4.69, 9.17) is 4.74 Å². The molecular weight excluding hydrogens is 210 g/mol. The predicted molar refractivity (Wildman–Crippen MR) is 62.1 cm³/mol. The molecule has 0 radical (unpaired) electrons. The van der Waals surface area contributed by atoms with Crippen molar-refractivity contribution in [2.45, 2.75) is 13.3 Å². The molecule has 0 spiro atoms. The third-order valence-corrected chi connectivity index (χ3v) is 2.86. The van der Waals surface area contributed by atoms with Gasteiger partial charge in [0.2, 0.25) is 0 Å². The molecule has 0 aliphatic rings. The second-order valence-corrected chi connectivity index (χ2v) is 4.21. The Kier molecular flexibility index (Phi) is 5.85. The van der Waals surface area contributed by atoms with Gasteiger partial charge >= 0.3 is 5.97 Å². The van der Waals surface area contributed by atoms with Crippen LogP contribution in [-0.4, -0.2) is 29.1 Å². The molecule has 1 aromatic heterocycles. The number of hydrogen-bond acceptors (Lipinski definition) is 4. The molecule has 82 valence electrons. The summed E-state index contributed by atoms with van der Waals surface area (Å²) >= 11 is 1.80. The average Bonchev–Trinajstić information content (AvgIpc) is 2.30. The van der Waals surface area contributed by atoms with Crippen LogP contribution in [0.3, 0.4) is 0 Å². The molecule has 0 saturated carbocycles. The second-order valence-electron chi connectivity index (χ2n) is 2.99. The van der Waals surface area contributed by atoms with Crippen LogP contribution in [0.2, 0.25) is 0 Å². The summed E-state index contributed by atoms with van der Waals surface area (Å²) in [7, 11) is 0. The highest BCUT2D eigenvalue weighted by Crippen LogP contribution is 2.03. The van der Waals surface area contributed by atoms with E-state index in [1.807, 2.05) is 0 Å². The Morgan fingerprint density at radius 1 is 1.53 bits per heavy atom. The van der Waals surface area contributed by atoms with Crippen LogP contribution >= 0.6 is 11.8 Å². The van der Waals surface area contributed by atoms with E-state index < -0.39 is 0 Å². The van der Waals surface area contributed by atoms with E-state index in [0.717, 1.165) is 17.9 Å². The summed E-state index contributed by atoms with van der Waals surface area (Å²) in [6.07, 6.45) is 4.30. The maximum absolute atomic E-state index is 11.4. The predicted octanol–water partition coefficient (Wildman–Crippen LogP) is 2.38. The van der Waals surface area contributed by atoms with Crippen molar-refractivity contribution < 1.29 is 9.53 Å². The molecule has 0 aromatic carbocycles. The maximum Gasteiger partial charge on any atom is 0.339 e. The number of pyridine rings is 1. The lowest BCUT2D eigenvalue weighted by atomic mass is 10.3. The Hall–Kier alpha value is -1.03. The number of hydrogen-bond donors (Lipinski definition) is 0. The Labute approximate surface area is 94.2 Å². The molecule has 0 fully saturated rings. The van der Waals surface area contributed by atoms with Gasteiger partial charge in [0.15, 0.2) is 0 Å². The van der Waals surface area contributed by atoms with Crippen molar-refractivity contribution >= 4 is 17.7 Å². The summed E-state index contributed by atoms with van der Waals surface area (Å²) in [5.74, 6) is 1.68. The fraction of sp³-hybridized carbons (Fsp3) is 0.455. The molecule has 0 atom stereocenters. The number of thioether (sulfide) groups is 1. The summed E-state index contributed by atoms with van der Waals surface area (Å²) < 4.78 is 5.07. The van der Waals surface area contributed by atoms with Gasteiger partial charge in [-0.15, -0.1) is 0 Å². The largest absolute Gasteiger partial charge is 0.461 e. The topological polar surface area (TPSA) is 39.2 Å². The maximum atomic E-state index is 11.4. The minimum Gasteiger partial charge on any atom is -0.461 e. The van der Waals surface area contributed by atoms with E-state index >= 15 is 0 Å². The summed E-state index contributed by atoms with van der Waals surface area (Å²) in [5, 5.41) is 0. The van der Waals surface area contributed by atoms with Gasteiger partial charge in [-0.3, -0.25) is 4.98 Å². The highest BCUT2D eigenvalue weighted by molar-refractivity contribution is 7.99. The van der Waals surface area contributed by atoms with Crippen LogP contribution in [0.1, 0.15) is 23.7 Å². The summed E-state index contributed by atoms with van der Waals surface area (Å²) in [6, 6.07) is 3.43. The Morgan fingerprint density at radius 2 is 2.40 bits per heavy atom. The first-order chi connectivity index (χ1) is 7.34. The van der Waals surface area contributed by atoms with Crippen molar-refractivity contribution in [1.82, 2.24) is 4.98 Å². The first-order valence-electron chi connectivity index (χ1n) is 4.99. The number of carbonyl (C=O) groups is 1. The summed E-state index contributed by atoms with van der Waals surface area (Å²) in [5.41, 5.74) is 0.512. The van der Waals surface area contributed by atoms with Crippen LogP contribution in [0.25, 0.3) is 0 Å². The van der Waals surface area contributed by atoms with E-state index in [9.17, 15) is 4.79 Å². The lowest BCUT2D eigenvalue weighted by molar-refractivity contribution is 0.0530. The van der Waals surface area contributed by atoms with Crippen LogP contribution in [0.15, 0.2) is 24.5 Å². The zero-order chi connectivity index (χ0) is 10.9. The lowest BCUT2D eigenvalue weighted by Gasteiger charge is -2.03. The molecular formula is C11H15NO2S. The molecule has 3 nitrogen and oxygen atoms in total. The number of aromatic nitrogens is 1. The number of ether oxygens (including phenoxy) is 1. The average molecular weight is 225 g/mol. The third-order valence-electron chi connectivity index (χ3n) is 1.71. The molecule has 15 heavy (non-hydrogen) atoms. The zero-order valence-corrected chi connectivity index (χ0v) is 9.63. The van der Waals surface area contributed by atoms with Gasteiger partial charge in [0.1, 0.15) is 6.61 Å². The molecule has 0 unspecified atom stereocenters. The second kappa shape index (κ2) is 7.29. The van der Waals surface area contributed by atoms with Gasteiger partial charge in [-0.2, -0.15) is 11.8 Å². The van der Waals surface area contributed by atoms with Gasteiger partial charge in [0, 0.05) is 18.1 Å². The summed E-state index contributed by atoms with van der Waals surface area (Å²) in [4.78, 5) is 15.3. The molecule has 0 bridgehead atoms. The Balaban J connectivity index is 2.20. The quantitative estimate of drug-likeness (QED) is 0.550. The first kappa shape index (κ1) is 12.0. The third kappa shape index (κ3) is 4.83. The van der Waals surface area contributed by atoms with E-state index in [2.05, 4.69) is 11.9 Å². The van der Waals surface area contributed by atoms with Gasteiger partial charge < -0.3 is 4.74 Å². The van der Waals surface area contributed by atoms with Crippen molar-refractivity contribution in [3.05, 3.63) is 30.1 Å². The molecule has 0 amide bonds. The van der Waals surface area contributed by atoms with E-state index in [1.165, 1.54) is 6.20 Å². The molecule has 0 N–H and O–H groups in total. The van der Waals surface area contributed by atoms with Gasteiger partial charge in [-0.25, -0.2) is 4.79 Å². The smallest absolute Gasteiger partial charge is 0.339 e. The minimum atomic E-state index is -0.291. The molecule has 0 aliphatic carbocycles. The molecule has 1 aromatic rings. The highest BCUT2D eigenvalue weighted by Gasteiger charge is 2.05. The minimum absolute atomic E-state index is 0.291. The van der Waals surface area contributed by atoms with Crippen LogP contribution in [0.5, 0.6) is 0 Å². The number of carbonyl (C=O) groups excluding carboxylic acids is 1. The van der Waals surface area contributed by atoms with Gasteiger partial charge in [0.05, 0.1) is 5.56 Å².